The molecular weight excluding hydrogens is 408 g/mol. The van der Waals surface area contributed by atoms with Crippen LogP contribution in [0.15, 0.2) is 10.5 Å². The van der Waals surface area contributed by atoms with Crippen LogP contribution in [0.3, 0.4) is 0 Å². The Kier molecular flexibility index (Phi) is 6.08. The minimum Gasteiger partial charge on any atom is -0.466 e. The Morgan fingerprint density at radius 2 is 2.18 bits per heavy atom. The third-order valence-corrected chi connectivity index (χ3v) is 6.84. The Morgan fingerprint density at radius 3 is 2.86 bits per heavy atom. The number of hydrogen-bond acceptors (Lipinski definition) is 9. The first-order valence-electron chi connectivity index (χ1n) is 8.78. The standard InChI is InChI=1S/C16H20N4O6S2/c1-2-26-14(22)7-10-8-27-16(17-10)18-15(23)12-3-4-13(21)20(19-12)11-5-6-28(24,25)9-11/h8,11H,2-7,9H2,1H3,(H,17,18,23)/t11-/m1/s1. The van der Waals surface area contributed by atoms with Crippen molar-refractivity contribution >= 4 is 49.8 Å². The number of anilines is 1. The van der Waals surface area contributed by atoms with Gasteiger partial charge < -0.3 is 4.74 Å². The minimum atomic E-state index is -3.18. The summed E-state index contributed by atoms with van der Waals surface area (Å²) in [5, 5.41) is 9.81. The number of hydrogen-bond donors (Lipinski definition) is 1. The molecule has 0 bridgehead atoms. The van der Waals surface area contributed by atoms with Gasteiger partial charge in [-0.25, -0.2) is 18.4 Å². The number of nitrogens with zero attached hydrogens (tertiary/aromatic N) is 3. The quantitative estimate of drug-likeness (QED) is 0.646. The molecule has 1 aromatic rings. The molecule has 1 fully saturated rings. The van der Waals surface area contributed by atoms with Gasteiger partial charge in [0.15, 0.2) is 15.0 Å². The molecule has 152 valence electrons. The summed E-state index contributed by atoms with van der Waals surface area (Å²) >= 11 is 1.16. The van der Waals surface area contributed by atoms with Gasteiger partial charge in [0.1, 0.15) is 5.71 Å². The number of aromatic nitrogens is 1. The number of sulfone groups is 1. The largest absolute Gasteiger partial charge is 0.466 e. The Bertz CT molecular complexity index is 923. The van der Waals surface area contributed by atoms with E-state index in [4.69, 9.17) is 4.74 Å². The average molecular weight is 428 g/mol. The van der Waals surface area contributed by atoms with Gasteiger partial charge in [-0.1, -0.05) is 0 Å². The molecule has 2 amide bonds. The number of carbonyl (C=O) groups is 3. The molecule has 1 aromatic heterocycles. The fourth-order valence-electron chi connectivity index (χ4n) is 2.96. The lowest BCUT2D eigenvalue weighted by atomic mass is 10.1. The first-order chi connectivity index (χ1) is 13.3. The Hall–Kier alpha value is -2.34. The summed E-state index contributed by atoms with van der Waals surface area (Å²) in [7, 11) is -3.18. The topological polar surface area (TPSA) is 135 Å². The van der Waals surface area contributed by atoms with E-state index in [1.54, 1.807) is 12.3 Å². The molecule has 0 aromatic carbocycles. The number of carbonyl (C=O) groups excluding carboxylic acids is 3. The lowest BCUT2D eigenvalue weighted by Crippen LogP contribution is -2.42. The first-order valence-corrected chi connectivity index (χ1v) is 11.5. The number of ether oxygens (including phenoxy) is 1. The van der Waals surface area contributed by atoms with Crippen molar-refractivity contribution in [2.45, 2.75) is 38.6 Å². The summed E-state index contributed by atoms with van der Waals surface area (Å²) in [6.07, 6.45) is 0.590. The van der Waals surface area contributed by atoms with Crippen LogP contribution in [-0.2, 0) is 35.4 Å². The van der Waals surface area contributed by atoms with Crippen LogP contribution in [0.5, 0.6) is 0 Å². The van der Waals surface area contributed by atoms with Gasteiger partial charge in [-0.2, -0.15) is 5.10 Å². The molecule has 1 N–H and O–H groups in total. The van der Waals surface area contributed by atoms with E-state index in [2.05, 4.69) is 15.4 Å². The lowest BCUT2D eigenvalue weighted by Gasteiger charge is -2.27. The fourth-order valence-corrected chi connectivity index (χ4v) is 5.36. The molecular formula is C16H20N4O6S2. The molecule has 2 aliphatic rings. The second-order valence-electron chi connectivity index (χ2n) is 6.42. The maximum Gasteiger partial charge on any atom is 0.311 e. The Balaban J connectivity index is 1.65. The summed E-state index contributed by atoms with van der Waals surface area (Å²) < 4.78 is 28.2. The van der Waals surface area contributed by atoms with Crippen LogP contribution in [0.25, 0.3) is 0 Å². The molecule has 3 rings (SSSR count). The molecule has 0 spiro atoms. The van der Waals surface area contributed by atoms with Gasteiger partial charge in [-0.3, -0.25) is 19.7 Å². The number of thiazole rings is 1. The van der Waals surface area contributed by atoms with Crippen molar-refractivity contribution in [3.8, 4) is 0 Å². The highest BCUT2D eigenvalue weighted by atomic mass is 32.2. The van der Waals surface area contributed by atoms with Gasteiger partial charge in [-0.05, 0) is 13.3 Å². The molecule has 0 aliphatic carbocycles. The fraction of sp³-hybridized carbons (Fsp3) is 0.562. The van der Waals surface area contributed by atoms with Crippen LogP contribution in [-0.4, -0.2) is 66.1 Å². The van der Waals surface area contributed by atoms with Gasteiger partial charge in [0.05, 0.1) is 36.3 Å². The molecule has 1 atom stereocenters. The summed E-state index contributed by atoms with van der Waals surface area (Å²) in [5.74, 6) is -1.31. The Labute approximate surface area is 165 Å². The lowest BCUT2D eigenvalue weighted by molar-refractivity contribution is -0.142. The van der Waals surface area contributed by atoms with Crippen molar-refractivity contribution < 1.29 is 27.5 Å². The third kappa shape index (κ3) is 4.93. The second-order valence-corrected chi connectivity index (χ2v) is 9.51. The highest BCUT2D eigenvalue weighted by molar-refractivity contribution is 7.91. The molecule has 2 aliphatic heterocycles. The monoisotopic (exact) mass is 428 g/mol. The van der Waals surface area contributed by atoms with Crippen molar-refractivity contribution in [2.24, 2.45) is 5.10 Å². The molecule has 0 radical (unpaired) electrons. The number of rotatable bonds is 6. The number of nitrogens with one attached hydrogen (secondary N) is 1. The van der Waals surface area contributed by atoms with Gasteiger partial charge in [-0.15, -0.1) is 11.3 Å². The predicted octanol–water partition coefficient (Wildman–Crippen LogP) is 0.353. The van der Waals surface area contributed by atoms with Crippen LogP contribution >= 0.6 is 11.3 Å². The zero-order chi connectivity index (χ0) is 20.3. The summed E-state index contributed by atoms with van der Waals surface area (Å²) in [5.41, 5.74) is 0.628. The summed E-state index contributed by atoms with van der Waals surface area (Å²) in [6.45, 7) is 1.99. The van der Waals surface area contributed by atoms with Crippen molar-refractivity contribution in [3.63, 3.8) is 0 Å². The maximum absolute atomic E-state index is 12.5. The van der Waals surface area contributed by atoms with E-state index in [1.807, 2.05) is 0 Å². The van der Waals surface area contributed by atoms with Crippen LogP contribution < -0.4 is 5.32 Å². The van der Waals surface area contributed by atoms with E-state index < -0.39 is 27.8 Å². The zero-order valence-electron chi connectivity index (χ0n) is 15.2. The van der Waals surface area contributed by atoms with Gasteiger partial charge in [0, 0.05) is 18.2 Å². The van der Waals surface area contributed by atoms with E-state index >= 15 is 0 Å². The average Bonchev–Trinajstić information content (AvgIpc) is 3.21. The molecule has 3 heterocycles. The van der Waals surface area contributed by atoms with E-state index in [0.29, 0.717) is 17.2 Å². The van der Waals surface area contributed by atoms with Crippen LogP contribution in [0.4, 0.5) is 5.13 Å². The van der Waals surface area contributed by atoms with Gasteiger partial charge in [0.2, 0.25) is 5.91 Å². The smallest absolute Gasteiger partial charge is 0.311 e. The van der Waals surface area contributed by atoms with Crippen LogP contribution in [0, 0.1) is 0 Å². The third-order valence-electron chi connectivity index (χ3n) is 4.28. The molecule has 0 unspecified atom stereocenters. The zero-order valence-corrected chi connectivity index (χ0v) is 16.8. The van der Waals surface area contributed by atoms with Crippen molar-refractivity contribution in [1.29, 1.82) is 0 Å². The van der Waals surface area contributed by atoms with E-state index in [1.165, 1.54) is 0 Å². The molecule has 28 heavy (non-hydrogen) atoms. The first kappa shape index (κ1) is 20.4. The molecule has 12 heteroatoms. The normalized spacial score (nSPS) is 21.3. The number of esters is 1. The minimum absolute atomic E-state index is 0.0135. The van der Waals surface area contributed by atoms with Gasteiger partial charge in [0.25, 0.3) is 5.91 Å². The van der Waals surface area contributed by atoms with E-state index in [9.17, 15) is 22.8 Å². The predicted molar refractivity (Wildman–Crippen MR) is 102 cm³/mol. The highest BCUT2D eigenvalue weighted by Gasteiger charge is 2.37. The summed E-state index contributed by atoms with van der Waals surface area (Å²) in [6, 6.07) is -0.531. The van der Waals surface area contributed by atoms with Gasteiger partial charge >= 0.3 is 5.97 Å². The molecule has 1 saturated heterocycles. The summed E-state index contributed by atoms with van der Waals surface area (Å²) in [4.78, 5) is 40.2. The van der Waals surface area contributed by atoms with Crippen LogP contribution in [0.2, 0.25) is 0 Å². The van der Waals surface area contributed by atoms with E-state index in [0.717, 1.165) is 16.3 Å². The SMILES string of the molecule is CCOC(=O)Cc1csc(NC(=O)C2=NN([C@@H]3CCS(=O)(=O)C3)C(=O)CC2)n1. The number of amides is 2. The number of hydrazone groups is 1. The molecule has 0 saturated carbocycles. The van der Waals surface area contributed by atoms with Crippen molar-refractivity contribution in [1.82, 2.24) is 9.99 Å². The van der Waals surface area contributed by atoms with E-state index in [-0.39, 0.29) is 49.0 Å². The Morgan fingerprint density at radius 1 is 1.39 bits per heavy atom. The maximum atomic E-state index is 12.5. The van der Waals surface area contributed by atoms with Crippen molar-refractivity contribution in [2.75, 3.05) is 23.4 Å². The highest BCUT2D eigenvalue weighted by Crippen LogP contribution is 2.23. The van der Waals surface area contributed by atoms with Crippen molar-refractivity contribution in [3.05, 3.63) is 11.1 Å². The molecule has 10 nitrogen and oxygen atoms in total. The van der Waals surface area contributed by atoms with Crippen LogP contribution in [0.1, 0.15) is 31.9 Å². The second kappa shape index (κ2) is 8.35.